The lowest BCUT2D eigenvalue weighted by Gasteiger charge is -2.27. The molecule has 1 aromatic carbocycles. The lowest BCUT2D eigenvalue weighted by atomic mass is 9.82. The van der Waals surface area contributed by atoms with Gasteiger partial charge in [0.05, 0.1) is 0 Å². The fraction of sp³-hybridized carbons (Fsp3) is 0.667. The highest BCUT2D eigenvalue weighted by Gasteiger charge is 2.19. The molecule has 0 bridgehead atoms. The molecular weight excluding hydrogens is 244 g/mol. The quantitative estimate of drug-likeness (QED) is 0.871. The van der Waals surface area contributed by atoms with Crippen LogP contribution in [0.5, 0.6) is 0 Å². The van der Waals surface area contributed by atoms with Crippen LogP contribution < -0.4 is 10.2 Å². The summed E-state index contributed by atoms with van der Waals surface area (Å²) in [5.41, 5.74) is 3.15. The van der Waals surface area contributed by atoms with Crippen molar-refractivity contribution < 1.29 is 0 Å². The Labute approximate surface area is 124 Å². The summed E-state index contributed by atoms with van der Waals surface area (Å²) in [7, 11) is 0. The van der Waals surface area contributed by atoms with Gasteiger partial charge in [0.15, 0.2) is 0 Å². The number of hydrogen-bond donors (Lipinski definition) is 1. The van der Waals surface area contributed by atoms with Crippen LogP contribution in [0.15, 0.2) is 24.3 Å². The lowest BCUT2D eigenvalue weighted by molar-refractivity contribution is 0.252. The van der Waals surface area contributed by atoms with Crippen molar-refractivity contribution in [2.45, 2.75) is 47.1 Å². The highest BCUT2D eigenvalue weighted by atomic mass is 15.1. The van der Waals surface area contributed by atoms with Crippen molar-refractivity contribution in [1.82, 2.24) is 5.32 Å². The van der Waals surface area contributed by atoms with E-state index in [-0.39, 0.29) is 0 Å². The van der Waals surface area contributed by atoms with Crippen LogP contribution in [0.1, 0.15) is 46.1 Å². The molecule has 2 heteroatoms. The smallest absolute Gasteiger partial charge is 0.0366 e. The van der Waals surface area contributed by atoms with Crippen molar-refractivity contribution in [3.05, 3.63) is 29.8 Å². The Kier molecular flexibility index (Phi) is 5.09. The Morgan fingerprint density at radius 1 is 1.10 bits per heavy atom. The van der Waals surface area contributed by atoms with Gasteiger partial charge in [-0.1, -0.05) is 39.8 Å². The molecule has 1 unspecified atom stereocenters. The third kappa shape index (κ3) is 4.24. The van der Waals surface area contributed by atoms with Crippen molar-refractivity contribution in [2.24, 2.45) is 11.3 Å². The van der Waals surface area contributed by atoms with Crippen LogP contribution >= 0.6 is 0 Å². The molecule has 112 valence electrons. The first-order valence-electron chi connectivity index (χ1n) is 8.01. The second-order valence-electron chi connectivity index (χ2n) is 7.26. The zero-order valence-electron chi connectivity index (χ0n) is 13.6. The Morgan fingerprint density at radius 3 is 2.25 bits per heavy atom. The van der Waals surface area contributed by atoms with E-state index in [4.69, 9.17) is 0 Å². The number of nitrogens with zero attached hydrogens (tertiary/aromatic N) is 1. The van der Waals surface area contributed by atoms with E-state index in [0.29, 0.717) is 11.3 Å². The highest BCUT2D eigenvalue weighted by molar-refractivity contribution is 5.48. The molecule has 1 aliphatic heterocycles. The highest BCUT2D eigenvalue weighted by Crippen LogP contribution is 2.24. The van der Waals surface area contributed by atoms with Gasteiger partial charge in [-0.15, -0.1) is 0 Å². The summed E-state index contributed by atoms with van der Waals surface area (Å²) in [4.78, 5) is 2.49. The van der Waals surface area contributed by atoms with Gasteiger partial charge in [0.25, 0.3) is 0 Å². The number of benzene rings is 1. The normalized spacial score (nSPS) is 17.5. The molecular formula is C18H30N2. The molecule has 0 saturated carbocycles. The minimum Gasteiger partial charge on any atom is -0.372 e. The molecule has 20 heavy (non-hydrogen) atoms. The molecule has 0 amide bonds. The van der Waals surface area contributed by atoms with E-state index in [0.717, 1.165) is 13.1 Å². The van der Waals surface area contributed by atoms with Gasteiger partial charge in [-0.05, 0) is 48.4 Å². The van der Waals surface area contributed by atoms with Gasteiger partial charge in [-0.25, -0.2) is 0 Å². The van der Waals surface area contributed by atoms with E-state index in [9.17, 15) is 0 Å². The van der Waals surface area contributed by atoms with Gasteiger partial charge in [-0.3, -0.25) is 0 Å². The summed E-state index contributed by atoms with van der Waals surface area (Å²) in [5, 5.41) is 3.58. The summed E-state index contributed by atoms with van der Waals surface area (Å²) in [6.07, 6.45) is 2.68. The molecule has 1 atom stereocenters. The van der Waals surface area contributed by atoms with Gasteiger partial charge in [0.1, 0.15) is 0 Å². The Hall–Kier alpha value is -1.02. The van der Waals surface area contributed by atoms with Crippen LogP contribution in [0.4, 0.5) is 5.69 Å². The van der Waals surface area contributed by atoms with Gasteiger partial charge in [0.2, 0.25) is 0 Å². The SMILES string of the molecule is CC(CNCc1ccc(N2CCCC2)cc1)C(C)(C)C. The van der Waals surface area contributed by atoms with E-state index in [1.807, 2.05) is 0 Å². The Balaban J connectivity index is 1.79. The van der Waals surface area contributed by atoms with Gasteiger partial charge < -0.3 is 10.2 Å². The summed E-state index contributed by atoms with van der Waals surface area (Å²) in [6.45, 7) is 13.8. The van der Waals surface area contributed by atoms with E-state index in [1.165, 1.54) is 37.2 Å². The van der Waals surface area contributed by atoms with E-state index >= 15 is 0 Å². The number of hydrogen-bond acceptors (Lipinski definition) is 2. The van der Waals surface area contributed by atoms with Crippen molar-refractivity contribution in [2.75, 3.05) is 24.5 Å². The first kappa shape index (κ1) is 15.4. The molecule has 2 rings (SSSR count). The van der Waals surface area contributed by atoms with Crippen LogP contribution in [-0.4, -0.2) is 19.6 Å². The number of rotatable bonds is 5. The largest absolute Gasteiger partial charge is 0.372 e. The fourth-order valence-corrected chi connectivity index (χ4v) is 2.54. The summed E-state index contributed by atoms with van der Waals surface area (Å²) in [6, 6.07) is 9.08. The van der Waals surface area contributed by atoms with Crippen LogP contribution in [0.2, 0.25) is 0 Å². The maximum atomic E-state index is 3.58. The summed E-state index contributed by atoms with van der Waals surface area (Å²) >= 11 is 0. The predicted octanol–water partition coefficient (Wildman–Crippen LogP) is 4.06. The molecule has 1 aliphatic rings. The second kappa shape index (κ2) is 6.62. The zero-order chi connectivity index (χ0) is 14.6. The van der Waals surface area contributed by atoms with Gasteiger partial charge in [-0.2, -0.15) is 0 Å². The van der Waals surface area contributed by atoms with Crippen LogP contribution in [0, 0.1) is 11.3 Å². The molecule has 2 nitrogen and oxygen atoms in total. The standard InChI is InChI=1S/C18H30N2/c1-15(18(2,3)4)13-19-14-16-7-9-17(10-8-16)20-11-5-6-12-20/h7-10,15,19H,5-6,11-14H2,1-4H3. The number of nitrogens with one attached hydrogen (secondary N) is 1. The molecule has 0 radical (unpaired) electrons. The predicted molar refractivity (Wildman–Crippen MR) is 88.2 cm³/mol. The maximum absolute atomic E-state index is 3.58. The summed E-state index contributed by atoms with van der Waals surface area (Å²) < 4.78 is 0. The van der Waals surface area contributed by atoms with Gasteiger partial charge >= 0.3 is 0 Å². The third-order valence-corrected chi connectivity index (χ3v) is 4.67. The summed E-state index contributed by atoms with van der Waals surface area (Å²) in [5.74, 6) is 0.686. The molecule has 1 fully saturated rings. The fourth-order valence-electron chi connectivity index (χ4n) is 2.54. The second-order valence-corrected chi connectivity index (χ2v) is 7.26. The molecule has 1 aromatic rings. The van der Waals surface area contributed by atoms with E-state index in [2.05, 4.69) is 62.2 Å². The third-order valence-electron chi connectivity index (χ3n) is 4.67. The van der Waals surface area contributed by atoms with Crippen molar-refractivity contribution in [3.8, 4) is 0 Å². The van der Waals surface area contributed by atoms with Crippen molar-refractivity contribution in [1.29, 1.82) is 0 Å². The molecule has 1 N–H and O–H groups in total. The monoisotopic (exact) mass is 274 g/mol. The molecule has 1 heterocycles. The van der Waals surface area contributed by atoms with Crippen molar-refractivity contribution >= 4 is 5.69 Å². The minimum atomic E-state index is 0.382. The van der Waals surface area contributed by atoms with E-state index < -0.39 is 0 Å². The molecule has 0 aliphatic carbocycles. The average Bonchev–Trinajstić information content (AvgIpc) is 2.92. The van der Waals surface area contributed by atoms with Crippen molar-refractivity contribution in [3.63, 3.8) is 0 Å². The Morgan fingerprint density at radius 2 is 1.70 bits per heavy atom. The molecule has 0 spiro atoms. The Bertz CT molecular complexity index is 396. The van der Waals surface area contributed by atoms with Crippen LogP contribution in [-0.2, 0) is 6.54 Å². The van der Waals surface area contributed by atoms with E-state index in [1.54, 1.807) is 0 Å². The lowest BCUT2D eigenvalue weighted by Crippen LogP contribution is -2.29. The first-order chi connectivity index (χ1) is 9.47. The minimum absolute atomic E-state index is 0.382. The zero-order valence-corrected chi connectivity index (χ0v) is 13.6. The maximum Gasteiger partial charge on any atom is 0.0366 e. The van der Waals surface area contributed by atoms with Gasteiger partial charge in [0, 0.05) is 25.3 Å². The molecule has 1 saturated heterocycles. The number of anilines is 1. The average molecular weight is 274 g/mol. The molecule has 0 aromatic heterocycles. The van der Waals surface area contributed by atoms with Crippen LogP contribution in [0.25, 0.3) is 0 Å². The first-order valence-corrected chi connectivity index (χ1v) is 8.01. The topological polar surface area (TPSA) is 15.3 Å². The van der Waals surface area contributed by atoms with Crippen LogP contribution in [0.3, 0.4) is 0 Å².